The standard InChI is InChI=1S/C20H20F3N3O4/c1-12-5-8-18(30-2)14(10-12)24-19(27)16-4-3-9-25(16)15-7-6-13(20(21,22)23)11-17(15)26(28)29/h5-8,10-11,16H,3-4,9H2,1-2H3,(H,24,27). The zero-order valence-corrected chi connectivity index (χ0v) is 16.3. The highest BCUT2D eigenvalue weighted by molar-refractivity contribution is 5.98. The number of nitro benzene ring substituents is 1. The van der Waals surface area contributed by atoms with Crippen LogP contribution >= 0.6 is 0 Å². The van der Waals surface area contributed by atoms with Crippen LogP contribution in [0.2, 0.25) is 0 Å². The summed E-state index contributed by atoms with van der Waals surface area (Å²) in [6, 6.07) is 6.85. The van der Waals surface area contributed by atoms with Crippen LogP contribution in [0, 0.1) is 17.0 Å². The Hall–Kier alpha value is -3.30. The van der Waals surface area contributed by atoms with Gasteiger partial charge in [-0.3, -0.25) is 14.9 Å². The second kappa shape index (κ2) is 8.21. The van der Waals surface area contributed by atoms with Crippen molar-refractivity contribution in [1.82, 2.24) is 0 Å². The first-order chi connectivity index (χ1) is 14.1. The largest absolute Gasteiger partial charge is 0.495 e. The number of halogens is 3. The number of benzene rings is 2. The number of hydrogen-bond acceptors (Lipinski definition) is 5. The van der Waals surface area contributed by atoms with Crippen LogP contribution in [0.3, 0.4) is 0 Å². The van der Waals surface area contributed by atoms with Crippen molar-refractivity contribution < 1.29 is 27.6 Å². The van der Waals surface area contributed by atoms with Crippen LogP contribution in [0.15, 0.2) is 36.4 Å². The molecule has 1 amide bonds. The van der Waals surface area contributed by atoms with E-state index in [2.05, 4.69) is 5.32 Å². The third-order valence-corrected chi connectivity index (χ3v) is 4.98. The molecule has 1 fully saturated rings. The summed E-state index contributed by atoms with van der Waals surface area (Å²) in [4.78, 5) is 25.0. The number of hydrogen-bond donors (Lipinski definition) is 1. The summed E-state index contributed by atoms with van der Waals surface area (Å²) in [5, 5.41) is 14.2. The molecule has 0 radical (unpaired) electrons. The lowest BCUT2D eigenvalue weighted by molar-refractivity contribution is -0.384. The lowest BCUT2D eigenvalue weighted by atomic mass is 10.1. The van der Waals surface area contributed by atoms with E-state index in [0.29, 0.717) is 36.9 Å². The molecular weight excluding hydrogens is 403 g/mol. The molecular formula is C20H20F3N3O4. The van der Waals surface area contributed by atoms with Crippen molar-refractivity contribution in [2.75, 3.05) is 23.9 Å². The third-order valence-electron chi connectivity index (χ3n) is 4.98. The summed E-state index contributed by atoms with van der Waals surface area (Å²) in [6.45, 7) is 2.16. The molecule has 7 nitrogen and oxygen atoms in total. The minimum atomic E-state index is -4.70. The first-order valence-electron chi connectivity index (χ1n) is 9.19. The Bertz CT molecular complexity index is 978. The van der Waals surface area contributed by atoms with Crippen LogP contribution in [0.1, 0.15) is 24.0 Å². The predicted molar refractivity (Wildman–Crippen MR) is 105 cm³/mol. The molecule has 0 bridgehead atoms. The fourth-order valence-corrected chi connectivity index (χ4v) is 3.55. The van der Waals surface area contributed by atoms with E-state index in [0.717, 1.165) is 17.7 Å². The number of aryl methyl sites for hydroxylation is 1. The summed E-state index contributed by atoms with van der Waals surface area (Å²) in [7, 11) is 1.47. The quantitative estimate of drug-likeness (QED) is 0.564. The van der Waals surface area contributed by atoms with Crippen LogP contribution < -0.4 is 15.0 Å². The van der Waals surface area contributed by atoms with Gasteiger partial charge in [0.25, 0.3) is 5.69 Å². The van der Waals surface area contributed by atoms with Crippen molar-refractivity contribution in [3.05, 3.63) is 57.6 Å². The Morgan fingerprint density at radius 2 is 2.00 bits per heavy atom. The van der Waals surface area contributed by atoms with Crippen LogP contribution in [0.5, 0.6) is 5.75 Å². The van der Waals surface area contributed by atoms with Gasteiger partial charge in [0.15, 0.2) is 0 Å². The minimum absolute atomic E-state index is 0.0122. The van der Waals surface area contributed by atoms with Crippen LogP contribution in [0.4, 0.5) is 30.2 Å². The molecule has 0 aromatic heterocycles. The molecule has 0 saturated carbocycles. The van der Waals surface area contributed by atoms with Gasteiger partial charge >= 0.3 is 6.18 Å². The maximum Gasteiger partial charge on any atom is 0.416 e. The maximum absolute atomic E-state index is 13.0. The Morgan fingerprint density at radius 3 is 2.63 bits per heavy atom. The highest BCUT2D eigenvalue weighted by atomic mass is 19.4. The highest BCUT2D eigenvalue weighted by Gasteiger charge is 2.37. The Balaban J connectivity index is 1.91. The number of carbonyl (C=O) groups excluding carboxylic acids is 1. The van der Waals surface area contributed by atoms with E-state index < -0.39 is 34.3 Å². The van der Waals surface area contributed by atoms with Crippen molar-refractivity contribution in [3.63, 3.8) is 0 Å². The van der Waals surface area contributed by atoms with Crippen molar-refractivity contribution in [1.29, 1.82) is 0 Å². The first kappa shape index (κ1) is 21.4. The molecule has 30 heavy (non-hydrogen) atoms. The van der Waals surface area contributed by atoms with Gasteiger partial charge in [0.1, 0.15) is 17.5 Å². The molecule has 160 valence electrons. The van der Waals surface area contributed by atoms with Gasteiger partial charge in [0, 0.05) is 12.6 Å². The molecule has 0 aliphatic carbocycles. The highest BCUT2D eigenvalue weighted by Crippen LogP contribution is 2.39. The molecule has 10 heteroatoms. The van der Waals surface area contributed by atoms with Crippen LogP contribution in [-0.4, -0.2) is 30.5 Å². The monoisotopic (exact) mass is 423 g/mol. The lowest BCUT2D eigenvalue weighted by Crippen LogP contribution is -2.40. The van der Waals surface area contributed by atoms with E-state index >= 15 is 0 Å². The van der Waals surface area contributed by atoms with E-state index in [1.165, 1.54) is 12.0 Å². The van der Waals surface area contributed by atoms with Crippen molar-refractivity contribution >= 4 is 23.0 Å². The van der Waals surface area contributed by atoms with Gasteiger partial charge in [0.2, 0.25) is 5.91 Å². The number of alkyl halides is 3. The van der Waals surface area contributed by atoms with Gasteiger partial charge in [-0.05, 0) is 49.6 Å². The number of methoxy groups -OCH3 is 1. The van der Waals surface area contributed by atoms with E-state index in [9.17, 15) is 28.1 Å². The summed E-state index contributed by atoms with van der Waals surface area (Å²) in [5.41, 5.74) is -0.453. The molecule has 1 aliphatic heterocycles. The normalized spacial score (nSPS) is 16.4. The molecule has 2 aromatic carbocycles. The lowest BCUT2D eigenvalue weighted by Gasteiger charge is -2.26. The first-order valence-corrected chi connectivity index (χ1v) is 9.19. The average molecular weight is 423 g/mol. The summed E-state index contributed by atoms with van der Waals surface area (Å²) in [6.07, 6.45) is -3.72. The van der Waals surface area contributed by atoms with Gasteiger partial charge in [-0.2, -0.15) is 13.2 Å². The van der Waals surface area contributed by atoms with Crippen molar-refractivity contribution in [2.24, 2.45) is 0 Å². The van der Waals surface area contributed by atoms with E-state index in [1.54, 1.807) is 12.1 Å². The van der Waals surface area contributed by atoms with Gasteiger partial charge in [-0.15, -0.1) is 0 Å². The van der Waals surface area contributed by atoms with Crippen molar-refractivity contribution in [3.8, 4) is 5.75 Å². The van der Waals surface area contributed by atoms with Crippen LogP contribution in [0.25, 0.3) is 0 Å². The average Bonchev–Trinajstić information content (AvgIpc) is 3.16. The molecule has 2 aromatic rings. The second-order valence-corrected chi connectivity index (χ2v) is 7.00. The Labute approximate surface area is 170 Å². The summed E-state index contributed by atoms with van der Waals surface area (Å²) in [5.74, 6) is 0.0459. The predicted octanol–water partition coefficient (Wildman–Crippen LogP) is 4.54. The number of nitrogens with one attached hydrogen (secondary N) is 1. The molecule has 1 unspecified atom stereocenters. The third kappa shape index (κ3) is 4.32. The van der Waals surface area contributed by atoms with Gasteiger partial charge in [-0.1, -0.05) is 6.07 Å². The minimum Gasteiger partial charge on any atom is -0.495 e. The smallest absolute Gasteiger partial charge is 0.416 e. The molecule has 1 heterocycles. The van der Waals surface area contributed by atoms with Crippen LogP contribution in [-0.2, 0) is 11.0 Å². The maximum atomic E-state index is 13.0. The van der Waals surface area contributed by atoms with Crippen molar-refractivity contribution in [2.45, 2.75) is 32.0 Å². The number of ether oxygens (including phenoxy) is 1. The molecule has 3 rings (SSSR count). The van der Waals surface area contributed by atoms with Gasteiger partial charge in [-0.25, -0.2) is 0 Å². The second-order valence-electron chi connectivity index (χ2n) is 7.00. The molecule has 1 saturated heterocycles. The molecule has 1 N–H and O–H groups in total. The van der Waals surface area contributed by atoms with Gasteiger partial charge in [0.05, 0.1) is 23.3 Å². The SMILES string of the molecule is COc1ccc(C)cc1NC(=O)C1CCCN1c1ccc(C(F)(F)F)cc1[N+](=O)[O-]. The fraction of sp³-hybridized carbons (Fsp3) is 0.350. The summed E-state index contributed by atoms with van der Waals surface area (Å²) >= 11 is 0. The summed E-state index contributed by atoms with van der Waals surface area (Å²) < 4.78 is 44.2. The number of amides is 1. The number of anilines is 2. The van der Waals surface area contributed by atoms with E-state index in [4.69, 9.17) is 4.74 Å². The fourth-order valence-electron chi connectivity index (χ4n) is 3.55. The van der Waals surface area contributed by atoms with E-state index in [-0.39, 0.29) is 5.69 Å². The molecule has 1 aliphatic rings. The zero-order chi connectivity index (χ0) is 22.1. The number of nitro groups is 1. The number of rotatable bonds is 5. The molecule has 0 spiro atoms. The van der Waals surface area contributed by atoms with Gasteiger partial charge < -0.3 is 15.0 Å². The number of nitrogens with zero attached hydrogens (tertiary/aromatic N) is 2. The Morgan fingerprint density at radius 1 is 1.27 bits per heavy atom. The molecule has 1 atom stereocenters. The Kier molecular flexibility index (Phi) is 5.86. The van der Waals surface area contributed by atoms with E-state index in [1.807, 2.05) is 13.0 Å². The number of carbonyl (C=O) groups is 1. The topological polar surface area (TPSA) is 84.7 Å². The zero-order valence-electron chi connectivity index (χ0n) is 16.3.